The van der Waals surface area contributed by atoms with Crippen LogP contribution in [0.15, 0.2) is 36.8 Å². The van der Waals surface area contributed by atoms with E-state index in [4.69, 9.17) is 0 Å². The molecular formula is C18H21N5. The quantitative estimate of drug-likeness (QED) is 0.808. The first-order chi connectivity index (χ1) is 11.3. The lowest BCUT2D eigenvalue weighted by atomic mass is 9.93. The van der Waals surface area contributed by atoms with E-state index in [9.17, 15) is 0 Å². The maximum atomic E-state index is 4.53. The molecule has 0 aliphatic carbocycles. The lowest BCUT2D eigenvalue weighted by molar-refractivity contribution is 0.203. The van der Waals surface area contributed by atoms with Crippen molar-refractivity contribution in [2.45, 2.75) is 32.2 Å². The van der Waals surface area contributed by atoms with Gasteiger partial charge in [0.15, 0.2) is 5.65 Å². The van der Waals surface area contributed by atoms with Gasteiger partial charge >= 0.3 is 0 Å². The minimum absolute atomic E-state index is 0.583. The van der Waals surface area contributed by atoms with E-state index in [2.05, 4.69) is 43.0 Å². The van der Waals surface area contributed by atoms with Crippen LogP contribution in [-0.2, 0) is 6.54 Å². The van der Waals surface area contributed by atoms with Crippen molar-refractivity contribution in [3.8, 4) is 0 Å². The average molecular weight is 307 g/mol. The van der Waals surface area contributed by atoms with E-state index in [-0.39, 0.29) is 0 Å². The first kappa shape index (κ1) is 14.3. The molecule has 0 aromatic carbocycles. The van der Waals surface area contributed by atoms with Gasteiger partial charge in [-0.3, -0.25) is 14.9 Å². The fourth-order valence-corrected chi connectivity index (χ4v) is 3.37. The van der Waals surface area contributed by atoms with Crippen molar-refractivity contribution in [1.29, 1.82) is 0 Å². The molecular weight excluding hydrogens is 286 g/mol. The zero-order valence-corrected chi connectivity index (χ0v) is 13.4. The van der Waals surface area contributed by atoms with E-state index < -0.39 is 0 Å². The van der Waals surface area contributed by atoms with E-state index in [1.807, 2.05) is 25.5 Å². The van der Waals surface area contributed by atoms with Crippen LogP contribution in [0.25, 0.3) is 11.2 Å². The van der Waals surface area contributed by atoms with Crippen molar-refractivity contribution in [1.82, 2.24) is 24.8 Å². The second-order valence-corrected chi connectivity index (χ2v) is 6.38. The van der Waals surface area contributed by atoms with Crippen LogP contribution >= 0.6 is 0 Å². The van der Waals surface area contributed by atoms with Gasteiger partial charge in [-0.1, -0.05) is 0 Å². The van der Waals surface area contributed by atoms with Crippen LogP contribution in [0.3, 0.4) is 0 Å². The summed E-state index contributed by atoms with van der Waals surface area (Å²) in [6, 6.07) is 6.37. The SMILES string of the molecule is Cc1cnc2cc(C3CCN(Cc4ccncc4)CC3)[nH]c2n1. The van der Waals surface area contributed by atoms with Gasteiger partial charge in [-0.2, -0.15) is 0 Å². The number of aromatic nitrogens is 4. The van der Waals surface area contributed by atoms with E-state index in [1.54, 1.807) is 0 Å². The summed E-state index contributed by atoms with van der Waals surface area (Å²) in [6.07, 6.45) is 7.92. The van der Waals surface area contributed by atoms with Crippen molar-refractivity contribution in [3.05, 3.63) is 53.7 Å². The van der Waals surface area contributed by atoms with E-state index in [0.717, 1.165) is 36.5 Å². The van der Waals surface area contributed by atoms with Crippen LogP contribution in [0.2, 0.25) is 0 Å². The van der Waals surface area contributed by atoms with Crippen LogP contribution in [0.1, 0.15) is 35.7 Å². The summed E-state index contributed by atoms with van der Waals surface area (Å²) in [6.45, 7) is 5.25. The highest BCUT2D eigenvalue weighted by molar-refractivity contribution is 5.71. The van der Waals surface area contributed by atoms with Crippen LogP contribution in [0.4, 0.5) is 0 Å². The molecule has 118 valence electrons. The Labute approximate surface area is 135 Å². The highest BCUT2D eigenvalue weighted by Crippen LogP contribution is 2.29. The van der Waals surface area contributed by atoms with E-state index >= 15 is 0 Å². The summed E-state index contributed by atoms with van der Waals surface area (Å²) in [5.74, 6) is 0.583. The van der Waals surface area contributed by atoms with Gasteiger partial charge in [0, 0.05) is 36.7 Å². The number of aromatic amines is 1. The van der Waals surface area contributed by atoms with Crippen molar-refractivity contribution >= 4 is 11.2 Å². The molecule has 4 heterocycles. The maximum absolute atomic E-state index is 4.53. The Morgan fingerprint density at radius 1 is 1.22 bits per heavy atom. The van der Waals surface area contributed by atoms with Gasteiger partial charge in [-0.05, 0) is 56.6 Å². The number of H-pyrrole nitrogens is 1. The van der Waals surface area contributed by atoms with Crippen molar-refractivity contribution in [3.63, 3.8) is 0 Å². The Kier molecular flexibility index (Phi) is 3.79. The van der Waals surface area contributed by atoms with E-state index in [0.29, 0.717) is 5.92 Å². The second-order valence-electron chi connectivity index (χ2n) is 6.38. The third-order valence-electron chi connectivity index (χ3n) is 4.66. The standard InChI is InChI=1S/C18H21N5/c1-13-11-20-17-10-16(22-18(17)21-13)15-4-8-23(9-5-15)12-14-2-6-19-7-3-14/h2-3,6-7,10-11,15H,4-5,8-9,12H2,1H3,(H,21,22). The minimum atomic E-state index is 0.583. The summed E-state index contributed by atoms with van der Waals surface area (Å²) in [5, 5.41) is 0. The second kappa shape index (κ2) is 6.08. The fraction of sp³-hybridized carbons (Fsp3) is 0.389. The molecule has 0 amide bonds. The van der Waals surface area contributed by atoms with Gasteiger partial charge in [0.25, 0.3) is 0 Å². The number of aryl methyl sites for hydroxylation is 1. The largest absolute Gasteiger partial charge is 0.342 e. The fourth-order valence-electron chi connectivity index (χ4n) is 3.37. The monoisotopic (exact) mass is 307 g/mol. The van der Waals surface area contributed by atoms with Gasteiger partial charge in [0.2, 0.25) is 0 Å². The predicted octanol–water partition coefficient (Wildman–Crippen LogP) is 3.04. The van der Waals surface area contributed by atoms with Gasteiger partial charge in [0.1, 0.15) is 5.52 Å². The molecule has 4 rings (SSSR count). The van der Waals surface area contributed by atoms with Gasteiger partial charge in [-0.15, -0.1) is 0 Å². The topological polar surface area (TPSA) is 57.7 Å². The molecule has 0 radical (unpaired) electrons. The summed E-state index contributed by atoms with van der Waals surface area (Å²) in [4.78, 5) is 19.1. The number of hydrogen-bond donors (Lipinski definition) is 1. The maximum Gasteiger partial charge on any atom is 0.156 e. The molecule has 1 N–H and O–H groups in total. The van der Waals surface area contributed by atoms with Crippen LogP contribution in [-0.4, -0.2) is 37.9 Å². The highest BCUT2D eigenvalue weighted by atomic mass is 15.1. The molecule has 1 saturated heterocycles. The molecule has 0 unspecified atom stereocenters. The van der Waals surface area contributed by atoms with Crippen molar-refractivity contribution < 1.29 is 0 Å². The zero-order valence-electron chi connectivity index (χ0n) is 13.4. The number of likely N-dealkylation sites (tertiary alicyclic amines) is 1. The Morgan fingerprint density at radius 2 is 2.00 bits per heavy atom. The highest BCUT2D eigenvalue weighted by Gasteiger charge is 2.22. The van der Waals surface area contributed by atoms with Crippen LogP contribution in [0, 0.1) is 6.92 Å². The molecule has 5 heteroatoms. The molecule has 3 aromatic heterocycles. The number of nitrogens with one attached hydrogen (secondary N) is 1. The summed E-state index contributed by atoms with van der Waals surface area (Å²) >= 11 is 0. The summed E-state index contributed by atoms with van der Waals surface area (Å²) < 4.78 is 0. The number of nitrogens with zero attached hydrogens (tertiary/aromatic N) is 4. The molecule has 0 spiro atoms. The van der Waals surface area contributed by atoms with Crippen molar-refractivity contribution in [2.24, 2.45) is 0 Å². The molecule has 0 bridgehead atoms. The molecule has 1 aliphatic rings. The van der Waals surface area contributed by atoms with Crippen LogP contribution in [0.5, 0.6) is 0 Å². The Balaban J connectivity index is 1.42. The van der Waals surface area contributed by atoms with Gasteiger partial charge in [-0.25, -0.2) is 4.98 Å². The Hall–Kier alpha value is -2.27. The number of pyridine rings is 1. The van der Waals surface area contributed by atoms with Gasteiger partial charge in [0.05, 0.1) is 5.69 Å². The molecule has 0 saturated carbocycles. The average Bonchev–Trinajstić information content (AvgIpc) is 2.99. The molecule has 1 aliphatic heterocycles. The number of hydrogen-bond acceptors (Lipinski definition) is 4. The number of rotatable bonds is 3. The van der Waals surface area contributed by atoms with Crippen molar-refractivity contribution in [2.75, 3.05) is 13.1 Å². The number of fused-ring (bicyclic) bond motifs is 1. The third kappa shape index (κ3) is 3.10. The first-order valence-corrected chi connectivity index (χ1v) is 8.21. The summed E-state index contributed by atoms with van der Waals surface area (Å²) in [7, 11) is 0. The van der Waals surface area contributed by atoms with Crippen LogP contribution < -0.4 is 0 Å². The lowest BCUT2D eigenvalue weighted by Gasteiger charge is -2.31. The Bertz CT molecular complexity index is 788. The van der Waals surface area contributed by atoms with E-state index in [1.165, 1.54) is 24.1 Å². The zero-order chi connectivity index (χ0) is 15.6. The normalized spacial score (nSPS) is 16.9. The number of piperidine rings is 1. The molecule has 5 nitrogen and oxygen atoms in total. The first-order valence-electron chi connectivity index (χ1n) is 8.21. The smallest absolute Gasteiger partial charge is 0.156 e. The minimum Gasteiger partial charge on any atom is -0.342 e. The molecule has 1 fully saturated rings. The molecule has 3 aromatic rings. The van der Waals surface area contributed by atoms with Gasteiger partial charge < -0.3 is 4.98 Å². The molecule has 0 atom stereocenters. The predicted molar refractivity (Wildman–Crippen MR) is 90.1 cm³/mol. The molecule has 23 heavy (non-hydrogen) atoms. The summed E-state index contributed by atoms with van der Waals surface area (Å²) in [5.41, 5.74) is 5.48. The third-order valence-corrected chi connectivity index (χ3v) is 4.66. The lowest BCUT2D eigenvalue weighted by Crippen LogP contribution is -2.32. The Morgan fingerprint density at radius 3 is 2.78 bits per heavy atom.